The molecule has 0 amide bonds. The van der Waals surface area contributed by atoms with Crippen LogP contribution in [0, 0.1) is 17.3 Å². The second-order valence-electron chi connectivity index (χ2n) is 9.37. The Balaban J connectivity index is 1.44. The van der Waals surface area contributed by atoms with Crippen LogP contribution in [0.25, 0.3) is 0 Å². The highest BCUT2D eigenvalue weighted by Crippen LogP contribution is 2.40. The maximum absolute atomic E-state index is 11.1. The van der Waals surface area contributed by atoms with Crippen molar-refractivity contribution in [1.29, 1.82) is 0 Å². The lowest BCUT2D eigenvalue weighted by atomic mass is 9.70. The number of carboxylic acid groups (broad SMARTS) is 1. The molecule has 3 rings (SSSR count). The summed E-state index contributed by atoms with van der Waals surface area (Å²) in [5.41, 5.74) is 0.458. The molecule has 23 heavy (non-hydrogen) atoms. The fourth-order valence-corrected chi connectivity index (χ4v) is 4.98. The lowest BCUT2D eigenvalue weighted by Crippen LogP contribution is -2.57. The maximum atomic E-state index is 11.1. The van der Waals surface area contributed by atoms with Gasteiger partial charge in [-0.2, -0.15) is 0 Å². The average molecular weight is 322 g/mol. The van der Waals surface area contributed by atoms with Gasteiger partial charge in [0.05, 0.1) is 6.54 Å². The van der Waals surface area contributed by atoms with Gasteiger partial charge in [0.15, 0.2) is 0 Å². The molecule has 0 radical (unpaired) electrons. The predicted molar refractivity (Wildman–Crippen MR) is 92.5 cm³/mol. The summed E-state index contributed by atoms with van der Waals surface area (Å²) in [6.45, 7) is 8.39. The van der Waals surface area contributed by atoms with Crippen molar-refractivity contribution in [2.45, 2.75) is 83.8 Å². The summed E-state index contributed by atoms with van der Waals surface area (Å²) < 4.78 is 0. The lowest BCUT2D eigenvalue weighted by molar-refractivity contribution is -0.139. The highest BCUT2D eigenvalue weighted by Gasteiger charge is 2.39. The molecule has 0 spiro atoms. The van der Waals surface area contributed by atoms with Gasteiger partial charge in [0.25, 0.3) is 0 Å². The Morgan fingerprint density at radius 3 is 2.43 bits per heavy atom. The molecule has 0 aromatic carbocycles. The van der Waals surface area contributed by atoms with Crippen molar-refractivity contribution in [1.82, 2.24) is 10.2 Å². The summed E-state index contributed by atoms with van der Waals surface area (Å²) in [7, 11) is 0. The number of aliphatic carboxylic acids is 1. The number of hydrogen-bond acceptors (Lipinski definition) is 3. The van der Waals surface area contributed by atoms with Gasteiger partial charge in [-0.15, -0.1) is 0 Å². The summed E-state index contributed by atoms with van der Waals surface area (Å²) in [5, 5.41) is 13.0. The smallest absolute Gasteiger partial charge is 0.317 e. The van der Waals surface area contributed by atoms with Crippen LogP contribution < -0.4 is 5.32 Å². The fraction of sp³-hybridized carbons (Fsp3) is 0.947. The van der Waals surface area contributed by atoms with Crippen LogP contribution >= 0.6 is 0 Å². The zero-order valence-electron chi connectivity index (χ0n) is 15.1. The molecule has 0 saturated heterocycles. The van der Waals surface area contributed by atoms with E-state index in [1.807, 2.05) is 0 Å². The third-order valence-electron chi connectivity index (χ3n) is 6.02. The molecule has 4 heteroatoms. The summed E-state index contributed by atoms with van der Waals surface area (Å²) in [4.78, 5) is 13.3. The molecule has 3 fully saturated rings. The van der Waals surface area contributed by atoms with E-state index in [9.17, 15) is 4.79 Å². The largest absolute Gasteiger partial charge is 0.480 e. The SMILES string of the molecule is CC1CC(NC2CC(N(CC(=O)O)CC3CC3)C2)CC(C)(C)C1. The Labute approximate surface area is 141 Å². The normalized spacial score (nSPS) is 36.7. The maximum Gasteiger partial charge on any atom is 0.317 e. The van der Waals surface area contributed by atoms with Gasteiger partial charge in [-0.3, -0.25) is 9.69 Å². The Morgan fingerprint density at radius 1 is 1.17 bits per heavy atom. The van der Waals surface area contributed by atoms with Crippen molar-refractivity contribution in [3.05, 3.63) is 0 Å². The topological polar surface area (TPSA) is 52.6 Å². The lowest BCUT2D eigenvalue weighted by Gasteiger charge is -2.47. The van der Waals surface area contributed by atoms with Gasteiger partial charge in [-0.25, -0.2) is 0 Å². The average Bonchev–Trinajstić information content (AvgIpc) is 3.13. The first-order valence-electron chi connectivity index (χ1n) is 9.52. The van der Waals surface area contributed by atoms with Crippen LogP contribution in [0.15, 0.2) is 0 Å². The van der Waals surface area contributed by atoms with Crippen LogP contribution in [0.2, 0.25) is 0 Å². The van der Waals surface area contributed by atoms with E-state index in [1.165, 1.54) is 32.1 Å². The molecule has 4 nitrogen and oxygen atoms in total. The summed E-state index contributed by atoms with van der Waals surface area (Å²) in [5.74, 6) is 0.900. The van der Waals surface area contributed by atoms with E-state index in [2.05, 4.69) is 31.0 Å². The van der Waals surface area contributed by atoms with Crippen molar-refractivity contribution in [3.63, 3.8) is 0 Å². The van der Waals surface area contributed by atoms with E-state index >= 15 is 0 Å². The van der Waals surface area contributed by atoms with E-state index < -0.39 is 5.97 Å². The standard InChI is InChI=1S/C19H34N2O2/c1-13-6-16(10-19(2,3)9-13)20-15-7-17(8-15)21(12-18(22)23)11-14-4-5-14/h13-17,20H,4-12H2,1-3H3,(H,22,23). The fourth-order valence-electron chi connectivity index (χ4n) is 4.98. The molecular weight excluding hydrogens is 288 g/mol. The zero-order valence-corrected chi connectivity index (χ0v) is 15.1. The minimum atomic E-state index is -0.676. The second kappa shape index (κ2) is 6.72. The van der Waals surface area contributed by atoms with E-state index in [1.54, 1.807) is 0 Å². The van der Waals surface area contributed by atoms with Crippen molar-refractivity contribution in [2.24, 2.45) is 17.3 Å². The molecule has 3 aliphatic carbocycles. The van der Waals surface area contributed by atoms with E-state index in [-0.39, 0.29) is 6.54 Å². The van der Waals surface area contributed by atoms with Gasteiger partial charge in [0.1, 0.15) is 0 Å². The molecule has 0 heterocycles. The van der Waals surface area contributed by atoms with E-state index in [0.717, 1.165) is 31.2 Å². The number of carbonyl (C=O) groups is 1. The van der Waals surface area contributed by atoms with Crippen LogP contribution in [0.3, 0.4) is 0 Å². The second-order valence-corrected chi connectivity index (χ2v) is 9.37. The quantitative estimate of drug-likeness (QED) is 0.756. The third-order valence-corrected chi connectivity index (χ3v) is 6.02. The third kappa shape index (κ3) is 4.93. The molecule has 2 atom stereocenters. The molecule has 3 aliphatic rings. The van der Waals surface area contributed by atoms with Crippen LogP contribution in [-0.2, 0) is 4.79 Å². The summed E-state index contributed by atoms with van der Waals surface area (Å²) in [6.07, 6.45) is 8.76. The predicted octanol–water partition coefficient (Wildman–Crippen LogP) is 3.12. The van der Waals surface area contributed by atoms with Crippen molar-refractivity contribution < 1.29 is 9.90 Å². The van der Waals surface area contributed by atoms with Crippen LogP contribution in [-0.4, -0.2) is 47.2 Å². The first-order valence-corrected chi connectivity index (χ1v) is 9.52. The number of nitrogens with one attached hydrogen (secondary N) is 1. The van der Waals surface area contributed by atoms with Crippen molar-refractivity contribution in [3.8, 4) is 0 Å². The highest BCUT2D eigenvalue weighted by molar-refractivity contribution is 5.69. The Kier molecular flexibility index (Phi) is 5.03. The van der Waals surface area contributed by atoms with Gasteiger partial charge in [-0.1, -0.05) is 20.8 Å². The number of rotatable bonds is 7. The highest BCUT2D eigenvalue weighted by atomic mass is 16.4. The van der Waals surface area contributed by atoms with Gasteiger partial charge in [0.2, 0.25) is 0 Å². The first-order chi connectivity index (χ1) is 10.8. The molecule has 3 saturated carbocycles. The Morgan fingerprint density at radius 2 is 1.87 bits per heavy atom. The van der Waals surface area contributed by atoms with Crippen LogP contribution in [0.4, 0.5) is 0 Å². The number of nitrogens with zero attached hydrogens (tertiary/aromatic N) is 1. The van der Waals surface area contributed by atoms with Gasteiger partial charge in [0, 0.05) is 24.7 Å². The summed E-state index contributed by atoms with van der Waals surface area (Å²) in [6, 6.07) is 1.73. The number of hydrogen-bond donors (Lipinski definition) is 2. The Bertz CT molecular complexity index is 427. The van der Waals surface area contributed by atoms with Gasteiger partial charge in [-0.05, 0) is 62.2 Å². The Hall–Kier alpha value is -0.610. The molecule has 0 aromatic heterocycles. The molecular formula is C19H34N2O2. The first kappa shape index (κ1) is 17.2. The van der Waals surface area contributed by atoms with E-state index in [0.29, 0.717) is 23.5 Å². The molecule has 2 N–H and O–H groups in total. The minimum absolute atomic E-state index is 0.224. The monoisotopic (exact) mass is 322 g/mol. The van der Waals surface area contributed by atoms with Crippen LogP contribution in [0.5, 0.6) is 0 Å². The van der Waals surface area contributed by atoms with E-state index in [4.69, 9.17) is 5.11 Å². The minimum Gasteiger partial charge on any atom is -0.480 e. The molecule has 132 valence electrons. The molecule has 0 aromatic rings. The summed E-state index contributed by atoms with van der Waals surface area (Å²) >= 11 is 0. The molecule has 2 unspecified atom stereocenters. The zero-order chi connectivity index (χ0) is 16.6. The number of carboxylic acids is 1. The van der Waals surface area contributed by atoms with Gasteiger partial charge >= 0.3 is 5.97 Å². The molecule has 0 bridgehead atoms. The van der Waals surface area contributed by atoms with Crippen molar-refractivity contribution in [2.75, 3.05) is 13.1 Å². The molecule has 0 aliphatic heterocycles. The van der Waals surface area contributed by atoms with Crippen molar-refractivity contribution >= 4 is 5.97 Å². The van der Waals surface area contributed by atoms with Crippen LogP contribution in [0.1, 0.15) is 65.7 Å². The van der Waals surface area contributed by atoms with Gasteiger partial charge < -0.3 is 10.4 Å².